The Morgan fingerprint density at radius 1 is 1.38 bits per heavy atom. The van der Waals surface area contributed by atoms with E-state index in [0.717, 1.165) is 0 Å². The van der Waals surface area contributed by atoms with Gasteiger partial charge in [-0.15, -0.1) is 11.8 Å². The molecule has 0 bridgehead atoms. The van der Waals surface area contributed by atoms with Gasteiger partial charge in [-0.1, -0.05) is 11.6 Å². The first-order chi connectivity index (χ1) is 9.99. The van der Waals surface area contributed by atoms with Crippen LogP contribution in [0, 0.1) is 0 Å². The molecule has 2 rings (SSSR count). The number of nitrogens with zero attached hydrogens (tertiary/aromatic N) is 1. The van der Waals surface area contributed by atoms with Gasteiger partial charge in [0.25, 0.3) is 5.91 Å². The molecule has 1 aromatic carbocycles. The fourth-order valence-corrected chi connectivity index (χ4v) is 2.87. The molecule has 1 amide bonds. The number of hydrogen-bond acceptors (Lipinski definition) is 4. The molecule has 7 heteroatoms. The van der Waals surface area contributed by atoms with Gasteiger partial charge in [0.15, 0.2) is 0 Å². The highest BCUT2D eigenvalue weighted by molar-refractivity contribution is 8.04. The van der Waals surface area contributed by atoms with Crippen molar-refractivity contribution in [1.82, 2.24) is 0 Å². The number of carboxylic acids is 1. The molecule has 0 saturated heterocycles. The summed E-state index contributed by atoms with van der Waals surface area (Å²) in [6, 6.07) is 6.47. The number of thioether (sulfide) groups is 1. The third-order valence-corrected chi connectivity index (χ3v) is 4.21. The van der Waals surface area contributed by atoms with E-state index in [2.05, 4.69) is 0 Å². The Bertz CT molecular complexity index is 585. The summed E-state index contributed by atoms with van der Waals surface area (Å²) in [5.74, 6) is -0.263. The number of benzene rings is 1. The normalized spacial score (nSPS) is 14.6. The minimum atomic E-state index is -1.08. The van der Waals surface area contributed by atoms with Crippen molar-refractivity contribution in [3.8, 4) is 0 Å². The molecule has 0 atom stereocenters. The molecule has 0 radical (unpaired) electrons. The Kier molecular flexibility index (Phi) is 5.14. The monoisotopic (exact) mass is 327 g/mol. The van der Waals surface area contributed by atoms with Gasteiger partial charge in [-0.05, 0) is 31.2 Å². The van der Waals surface area contributed by atoms with Crippen LogP contribution in [-0.4, -0.2) is 35.9 Å². The lowest BCUT2D eigenvalue weighted by Gasteiger charge is -2.25. The second-order valence-corrected chi connectivity index (χ2v) is 5.89. The number of hydrogen-bond donors (Lipinski definition) is 1. The topological polar surface area (TPSA) is 66.8 Å². The first kappa shape index (κ1) is 15.7. The van der Waals surface area contributed by atoms with Crippen LogP contribution >= 0.6 is 23.4 Å². The summed E-state index contributed by atoms with van der Waals surface area (Å²) in [5, 5.41) is 9.56. The third kappa shape index (κ3) is 3.92. The lowest BCUT2D eigenvalue weighted by Crippen LogP contribution is -2.37. The number of rotatable bonds is 4. The molecule has 0 unspecified atom stereocenters. The molecule has 0 saturated carbocycles. The smallest absolute Gasteiger partial charge is 0.323 e. The molecule has 1 aliphatic heterocycles. The number of carbonyl (C=O) groups is 2. The number of aliphatic carboxylic acids is 1. The van der Waals surface area contributed by atoms with Gasteiger partial charge in [-0.25, -0.2) is 0 Å². The third-order valence-electron chi connectivity index (χ3n) is 2.84. The van der Waals surface area contributed by atoms with Crippen molar-refractivity contribution in [1.29, 1.82) is 0 Å². The number of carbonyl (C=O) groups excluding carboxylic acids is 1. The van der Waals surface area contributed by atoms with Gasteiger partial charge < -0.3 is 9.84 Å². The number of amides is 1. The summed E-state index contributed by atoms with van der Waals surface area (Å²) in [6.45, 7) is 1.84. The van der Waals surface area contributed by atoms with Crippen molar-refractivity contribution < 1.29 is 19.4 Å². The van der Waals surface area contributed by atoms with Crippen LogP contribution in [0.25, 0.3) is 0 Å². The standard InChI is InChI=1S/C14H14ClNO4S/c1-9-13(21-7-6-20-9)14(19)16(8-12(17)18)11-4-2-10(15)3-5-11/h2-5H,6-8H2,1H3,(H,17,18). The summed E-state index contributed by atoms with van der Waals surface area (Å²) in [5.41, 5.74) is 0.485. The zero-order chi connectivity index (χ0) is 15.4. The maximum atomic E-state index is 12.6. The van der Waals surface area contributed by atoms with Crippen molar-refractivity contribution in [3.05, 3.63) is 40.0 Å². The van der Waals surface area contributed by atoms with Gasteiger partial charge in [-0.2, -0.15) is 0 Å². The zero-order valence-corrected chi connectivity index (χ0v) is 12.9. The molecule has 5 nitrogen and oxygen atoms in total. The van der Waals surface area contributed by atoms with Crippen molar-refractivity contribution in [2.75, 3.05) is 23.8 Å². The van der Waals surface area contributed by atoms with Gasteiger partial charge in [0, 0.05) is 16.5 Å². The zero-order valence-electron chi connectivity index (χ0n) is 11.3. The lowest BCUT2D eigenvalue weighted by molar-refractivity contribution is -0.136. The predicted molar refractivity (Wildman–Crippen MR) is 82.6 cm³/mol. The van der Waals surface area contributed by atoms with Crippen molar-refractivity contribution >= 4 is 40.9 Å². The Hall–Kier alpha value is -1.66. The van der Waals surface area contributed by atoms with E-state index in [9.17, 15) is 9.59 Å². The first-order valence-electron chi connectivity index (χ1n) is 6.24. The van der Waals surface area contributed by atoms with E-state index in [1.165, 1.54) is 16.7 Å². The molecular weight excluding hydrogens is 314 g/mol. The summed E-state index contributed by atoms with van der Waals surface area (Å²) in [7, 11) is 0. The fraction of sp³-hybridized carbons (Fsp3) is 0.286. The van der Waals surface area contributed by atoms with E-state index < -0.39 is 12.5 Å². The summed E-state index contributed by atoms with van der Waals surface area (Å²) >= 11 is 7.20. The minimum Gasteiger partial charge on any atom is -0.496 e. The largest absolute Gasteiger partial charge is 0.496 e. The van der Waals surface area contributed by atoms with Crippen molar-refractivity contribution in [2.24, 2.45) is 0 Å². The fourth-order valence-electron chi connectivity index (χ4n) is 1.88. The van der Waals surface area contributed by atoms with Gasteiger partial charge in [-0.3, -0.25) is 14.5 Å². The van der Waals surface area contributed by atoms with Crippen LogP contribution in [0.1, 0.15) is 6.92 Å². The highest BCUT2D eigenvalue weighted by atomic mass is 35.5. The molecule has 1 aliphatic rings. The number of anilines is 1. The van der Waals surface area contributed by atoms with Gasteiger partial charge >= 0.3 is 5.97 Å². The SMILES string of the molecule is CC1=C(C(=O)N(CC(=O)O)c2ccc(Cl)cc2)SCCO1. The average Bonchev–Trinajstić information content (AvgIpc) is 2.45. The van der Waals surface area contributed by atoms with Crippen LogP contribution in [0.15, 0.2) is 34.9 Å². The Labute approximate surface area is 131 Å². The van der Waals surface area contributed by atoms with Crippen LogP contribution in [-0.2, 0) is 14.3 Å². The van der Waals surface area contributed by atoms with Crippen LogP contribution in [0.5, 0.6) is 0 Å². The quantitative estimate of drug-likeness (QED) is 0.921. The second kappa shape index (κ2) is 6.87. The van der Waals surface area contributed by atoms with E-state index in [1.54, 1.807) is 31.2 Å². The van der Waals surface area contributed by atoms with Gasteiger partial charge in [0.2, 0.25) is 0 Å². The average molecular weight is 328 g/mol. The van der Waals surface area contributed by atoms with Gasteiger partial charge in [0.1, 0.15) is 17.2 Å². The molecule has 21 heavy (non-hydrogen) atoms. The van der Waals surface area contributed by atoms with Crippen LogP contribution < -0.4 is 4.90 Å². The van der Waals surface area contributed by atoms with Crippen LogP contribution in [0.3, 0.4) is 0 Å². The molecular formula is C14H14ClNO4S. The van der Waals surface area contributed by atoms with Crippen molar-refractivity contribution in [2.45, 2.75) is 6.92 Å². The lowest BCUT2D eigenvalue weighted by atomic mass is 10.2. The molecule has 112 valence electrons. The minimum absolute atomic E-state index is 0.373. The van der Waals surface area contributed by atoms with Crippen LogP contribution in [0.2, 0.25) is 5.02 Å². The predicted octanol–water partition coefficient (Wildman–Crippen LogP) is 2.75. The van der Waals surface area contributed by atoms with Gasteiger partial charge in [0.05, 0.1) is 6.61 Å². The Morgan fingerprint density at radius 3 is 2.62 bits per heavy atom. The summed E-state index contributed by atoms with van der Waals surface area (Å²) in [4.78, 5) is 25.3. The molecule has 0 fully saturated rings. The second-order valence-electron chi connectivity index (χ2n) is 4.34. The number of ether oxygens (including phenoxy) is 1. The highest BCUT2D eigenvalue weighted by Crippen LogP contribution is 2.29. The molecule has 1 aromatic rings. The molecule has 1 heterocycles. The Balaban J connectivity index is 2.33. The molecule has 0 aromatic heterocycles. The number of carboxylic acid groups (broad SMARTS) is 1. The highest BCUT2D eigenvalue weighted by Gasteiger charge is 2.26. The summed E-state index contributed by atoms with van der Waals surface area (Å²) < 4.78 is 5.36. The Morgan fingerprint density at radius 2 is 2.05 bits per heavy atom. The number of halogens is 1. The molecule has 0 spiro atoms. The van der Waals surface area contributed by atoms with E-state index in [0.29, 0.717) is 33.7 Å². The van der Waals surface area contributed by atoms with E-state index in [-0.39, 0.29) is 5.91 Å². The summed E-state index contributed by atoms with van der Waals surface area (Å²) in [6.07, 6.45) is 0. The molecule has 1 N–H and O–H groups in total. The van der Waals surface area contributed by atoms with E-state index in [4.69, 9.17) is 21.4 Å². The van der Waals surface area contributed by atoms with Crippen LogP contribution in [0.4, 0.5) is 5.69 Å². The first-order valence-corrected chi connectivity index (χ1v) is 7.61. The molecule has 0 aliphatic carbocycles. The van der Waals surface area contributed by atoms with E-state index >= 15 is 0 Å². The number of allylic oxidation sites excluding steroid dienone is 1. The maximum absolute atomic E-state index is 12.6. The maximum Gasteiger partial charge on any atom is 0.323 e. The van der Waals surface area contributed by atoms with Crippen molar-refractivity contribution in [3.63, 3.8) is 0 Å². The van der Waals surface area contributed by atoms with E-state index in [1.807, 2.05) is 0 Å².